The number of aromatic nitrogens is 8. The fourth-order valence-corrected chi connectivity index (χ4v) is 13.9. The van der Waals surface area contributed by atoms with Crippen molar-refractivity contribution < 1.29 is 13.0 Å². The molecule has 2 aliphatic heterocycles. The van der Waals surface area contributed by atoms with Crippen LogP contribution in [0, 0.1) is 32.5 Å². The second kappa shape index (κ2) is 39.5. The van der Waals surface area contributed by atoms with Crippen LogP contribution in [0.15, 0.2) is 278 Å². The minimum absolute atomic E-state index is 0.165. The Morgan fingerprint density at radius 3 is 0.736 bits per heavy atom. The van der Waals surface area contributed by atoms with Gasteiger partial charge in [-0.05, 0) is 175 Å². The third kappa shape index (κ3) is 29.9. The number of anilines is 1. The minimum atomic E-state index is -4.20. The van der Waals surface area contributed by atoms with E-state index in [0.29, 0.717) is 78.9 Å². The van der Waals surface area contributed by atoms with Gasteiger partial charge in [-0.2, -0.15) is 39.1 Å². The zero-order chi connectivity index (χ0) is 91.3. The lowest BCUT2D eigenvalue weighted by molar-refractivity contribution is 0.357. The van der Waals surface area contributed by atoms with E-state index in [1.54, 1.807) is 0 Å². The second-order valence-corrected chi connectivity index (χ2v) is 43.7. The SMILES string of the molecule is CC(C)(C)C.CC(C)(C)C.CC(C)(C)CN(CC(C)(C)C)c1ccc(N=Nc2ccc(S(=O)(=O)O)cc2)cc1.CC(C)(C)Cc1ccc(N=Nc2ccc(CC(C)(C)C)cc2)cc1.CC(C)(C)c1ccc(N=Nc2ccc(C(C)(C)C)cc2)cc1.c1ccc2c(c1)-c1nc-2nc2[nH]c(nc3nc(nc4[nH]c(n1)c1ccccc41)-c1ccccc1-3)c1ccccc21. The quantitative estimate of drug-likeness (QED) is 0.0772. The van der Waals surface area contributed by atoms with Crippen molar-refractivity contribution in [1.82, 2.24) is 39.9 Å². The van der Waals surface area contributed by atoms with Crippen molar-refractivity contribution in [3.63, 3.8) is 0 Å². The Labute approximate surface area is 742 Å². The molecule has 19 heteroatoms. The molecule has 0 atom stereocenters. The molecule has 0 amide bonds. The molecule has 0 unspecified atom stereocenters. The summed E-state index contributed by atoms with van der Waals surface area (Å²) in [7, 11) is -4.20. The van der Waals surface area contributed by atoms with Gasteiger partial charge in [0.1, 0.15) is 22.6 Å². The molecule has 15 rings (SSSR count). The van der Waals surface area contributed by atoms with E-state index in [-0.39, 0.29) is 26.6 Å². The van der Waals surface area contributed by atoms with Gasteiger partial charge in [0.05, 0.1) is 39.0 Å². The molecule has 3 N–H and O–H groups in total. The van der Waals surface area contributed by atoms with E-state index in [9.17, 15) is 8.42 Å². The van der Waals surface area contributed by atoms with Gasteiger partial charge in [-0.3, -0.25) is 4.55 Å². The molecule has 5 heterocycles. The van der Waals surface area contributed by atoms with Crippen LogP contribution in [0.3, 0.4) is 0 Å². The number of aromatic amines is 2. The maximum Gasteiger partial charge on any atom is 0.294 e. The summed E-state index contributed by atoms with van der Waals surface area (Å²) in [6.45, 7) is 59.6. The van der Waals surface area contributed by atoms with Crippen LogP contribution in [0.1, 0.15) is 202 Å². The maximum absolute atomic E-state index is 11.1. The number of azo groups is 3. The molecule has 8 bridgehead atoms. The van der Waals surface area contributed by atoms with E-state index in [4.69, 9.17) is 34.5 Å². The summed E-state index contributed by atoms with van der Waals surface area (Å²) < 4.78 is 31.2. The van der Waals surface area contributed by atoms with Crippen molar-refractivity contribution in [1.29, 1.82) is 0 Å². The number of benzene rings is 10. The van der Waals surface area contributed by atoms with Gasteiger partial charge < -0.3 is 14.9 Å². The Morgan fingerprint density at radius 1 is 0.288 bits per heavy atom. The summed E-state index contributed by atoms with van der Waals surface area (Å²) in [6, 6.07) is 79.1. The number of hydrogen-bond acceptors (Lipinski definition) is 15. The lowest BCUT2D eigenvalue weighted by atomic mass is 9.87. The summed E-state index contributed by atoms with van der Waals surface area (Å²) in [5.74, 6) is 2.39. The first-order valence-corrected chi connectivity index (χ1v) is 44.5. The first-order chi connectivity index (χ1) is 58.3. The lowest BCUT2D eigenvalue weighted by Gasteiger charge is -2.36. The number of H-pyrrole nitrogens is 2. The third-order valence-electron chi connectivity index (χ3n) is 18.8. The molecule has 0 saturated carbocycles. The van der Waals surface area contributed by atoms with E-state index in [1.165, 1.54) is 46.5 Å². The second-order valence-electron chi connectivity index (χ2n) is 42.3. The molecule has 0 saturated heterocycles. The maximum atomic E-state index is 11.1. The van der Waals surface area contributed by atoms with Crippen molar-refractivity contribution in [2.45, 2.75) is 209 Å². The van der Waals surface area contributed by atoms with Gasteiger partial charge in [0, 0.05) is 62.6 Å². The van der Waals surface area contributed by atoms with Gasteiger partial charge in [-0.1, -0.05) is 326 Å². The molecule has 10 aromatic carbocycles. The molecule has 13 aromatic rings. The largest absolute Gasteiger partial charge is 0.370 e. The van der Waals surface area contributed by atoms with Crippen molar-refractivity contribution in [3.05, 3.63) is 265 Å². The highest BCUT2D eigenvalue weighted by Crippen LogP contribution is 2.39. The predicted octanol–water partition coefficient (Wildman–Crippen LogP) is 31.2. The average Bonchev–Trinajstić information content (AvgIpc) is 1.60. The summed E-state index contributed by atoms with van der Waals surface area (Å²) >= 11 is 0. The topological polar surface area (TPSA) is 241 Å². The molecule has 0 fully saturated rings. The lowest BCUT2D eigenvalue weighted by Crippen LogP contribution is -2.38. The molecule has 125 heavy (non-hydrogen) atoms. The number of hydrogen-bond donors (Lipinski definition) is 3. The van der Waals surface area contributed by atoms with Gasteiger partial charge in [0.2, 0.25) is 0 Å². The number of fused-ring (bicyclic) bond motifs is 20. The van der Waals surface area contributed by atoms with Gasteiger partial charge in [-0.25, -0.2) is 29.9 Å². The fourth-order valence-electron chi connectivity index (χ4n) is 13.4. The van der Waals surface area contributed by atoms with Crippen LogP contribution in [0.2, 0.25) is 0 Å². The Balaban J connectivity index is 0.000000172. The highest BCUT2D eigenvalue weighted by molar-refractivity contribution is 7.85. The Kier molecular flexibility index (Phi) is 30.1. The van der Waals surface area contributed by atoms with Crippen molar-refractivity contribution >= 4 is 94.1 Å². The Bertz CT molecular complexity index is 5710. The van der Waals surface area contributed by atoms with Crippen LogP contribution in [-0.4, -0.2) is 65.9 Å². The van der Waals surface area contributed by atoms with E-state index >= 15 is 0 Å². The zero-order valence-corrected chi connectivity index (χ0v) is 79.2. The highest BCUT2D eigenvalue weighted by Gasteiger charge is 2.26. The van der Waals surface area contributed by atoms with Crippen molar-refractivity contribution in [2.75, 3.05) is 18.0 Å². The monoisotopic (exact) mass is 1690 g/mol. The normalized spacial score (nSPS) is 12.5. The van der Waals surface area contributed by atoms with Gasteiger partial charge in [0.25, 0.3) is 10.1 Å². The van der Waals surface area contributed by atoms with Crippen LogP contribution in [0.4, 0.5) is 39.8 Å². The van der Waals surface area contributed by atoms with Gasteiger partial charge >= 0.3 is 0 Å². The summed E-state index contributed by atoms with van der Waals surface area (Å²) in [6.07, 6.45) is 2.14. The average molecular weight is 1690 g/mol. The van der Waals surface area contributed by atoms with E-state index in [1.807, 2.05) is 170 Å². The van der Waals surface area contributed by atoms with Crippen molar-refractivity contribution in [2.24, 2.45) is 63.2 Å². The summed E-state index contributed by atoms with van der Waals surface area (Å²) in [4.78, 5) is 39.0. The number of nitrogens with one attached hydrogen (secondary N) is 2. The molecular weight excluding hydrogens is 1560 g/mol. The molecule has 18 nitrogen and oxygen atoms in total. The summed E-state index contributed by atoms with van der Waals surface area (Å²) in [5, 5.41) is 29.5. The molecular formula is C106H129N15O3S. The molecule has 0 spiro atoms. The Morgan fingerprint density at radius 2 is 0.512 bits per heavy atom. The molecule has 0 radical (unpaired) electrons. The molecule has 0 aliphatic carbocycles. The molecule has 2 aliphatic rings. The van der Waals surface area contributed by atoms with Crippen LogP contribution >= 0.6 is 0 Å². The predicted molar refractivity (Wildman–Crippen MR) is 522 cm³/mol. The standard InChI is InChI=1S/C32H18N8.C22H31N3O3S.C22H30N2.C20H26N2.2C5H12/c1-2-10-18-17(9-1)25-33-26(18)38-28-21-13-5-6-14-22(21)30(35-28)40-32-24-16-8-7-15-23(24)31(36-32)39-29-20-12-4-3-11-19(20)27(34-29)37-25;1-21(2,3)15-25(16-22(4,5)6)19-11-7-17(8-12-19)23-24-18-9-13-20(14-10-18)29(26,27)28;1-21(2,3)15-17-7-11-19(12-8-17)23-24-20-13-9-18(10-14-20)16-22(4,5)6;1-19(2,3)15-7-11-17(12-8-15)21-22-18-13-9-16(10-14-18)20(4,5)6;2*1-5(2,3)4/h1-16H,(H2,33,34,35,36,37,38,39,40);7-14H,15-16H2,1-6H3,(H,26,27,28);7-14H,15-16H2,1-6H3;7-14H,1-6H3;2*1-4H3. The number of nitrogens with zero attached hydrogens (tertiary/aromatic N) is 13. The third-order valence-corrected chi connectivity index (χ3v) is 19.7. The molecule has 652 valence electrons. The highest BCUT2D eigenvalue weighted by atomic mass is 32.2. The first kappa shape index (κ1) is 95.3. The minimum Gasteiger partial charge on any atom is -0.370 e. The van der Waals surface area contributed by atoms with E-state index in [2.05, 4.69) is 274 Å². The van der Waals surface area contributed by atoms with Gasteiger partial charge in [-0.15, -0.1) is 0 Å². The van der Waals surface area contributed by atoms with E-state index in [0.717, 1.165) is 98.2 Å². The molecule has 3 aromatic heterocycles. The fraction of sp³-hybridized carbons (Fsp3) is 0.358. The zero-order valence-electron chi connectivity index (χ0n) is 78.4. The van der Waals surface area contributed by atoms with Crippen LogP contribution in [0.25, 0.3) is 89.7 Å². The van der Waals surface area contributed by atoms with Crippen LogP contribution < -0.4 is 4.90 Å². The Hall–Kier alpha value is -11.9. The number of rotatable bonds is 12. The van der Waals surface area contributed by atoms with Gasteiger partial charge in [0.15, 0.2) is 23.3 Å². The first-order valence-electron chi connectivity index (χ1n) is 43.1. The smallest absolute Gasteiger partial charge is 0.294 e. The van der Waals surface area contributed by atoms with Crippen molar-refractivity contribution in [3.8, 4) is 45.6 Å². The van der Waals surface area contributed by atoms with Crippen LogP contribution in [0.5, 0.6) is 0 Å². The van der Waals surface area contributed by atoms with E-state index < -0.39 is 10.1 Å². The van der Waals surface area contributed by atoms with Crippen LogP contribution in [-0.2, 0) is 33.8 Å². The summed E-state index contributed by atoms with van der Waals surface area (Å²) in [5.41, 5.74) is 19.9.